The Balaban J connectivity index is 2.09. The smallest absolute Gasteiger partial charge is 0.314 e. The van der Waals surface area contributed by atoms with E-state index in [0.717, 1.165) is 27.8 Å². The molecule has 2 aliphatic rings. The predicted molar refractivity (Wildman–Crippen MR) is 88.3 cm³/mol. The highest BCUT2D eigenvalue weighted by molar-refractivity contribution is 6.31. The molecule has 0 spiro atoms. The monoisotopic (exact) mass is 350 g/mol. The molecule has 4 rings (SSSR count). The summed E-state index contributed by atoms with van der Waals surface area (Å²) in [6.45, 7) is 4.03. The number of aryl methyl sites for hydroxylation is 1. The molecule has 1 aromatic heterocycles. The molecule has 3 atom stereocenters. The van der Waals surface area contributed by atoms with Crippen LogP contribution in [0.1, 0.15) is 12.6 Å². The van der Waals surface area contributed by atoms with Crippen LogP contribution in [0.5, 0.6) is 0 Å². The van der Waals surface area contributed by atoms with Gasteiger partial charge in [0.1, 0.15) is 22.5 Å². The Morgan fingerprint density at radius 1 is 1.33 bits per heavy atom. The molecule has 3 heterocycles. The van der Waals surface area contributed by atoms with E-state index in [0.29, 0.717) is 0 Å². The number of nitrogens with zero attached hydrogens (tertiary/aromatic N) is 2. The summed E-state index contributed by atoms with van der Waals surface area (Å²) in [6.07, 6.45) is -0.108. The van der Waals surface area contributed by atoms with Gasteiger partial charge in [-0.15, -0.1) is 5.10 Å². The van der Waals surface area contributed by atoms with Crippen molar-refractivity contribution < 1.29 is 9.13 Å². The quantitative estimate of drug-likeness (QED) is 0.692. The van der Waals surface area contributed by atoms with Crippen molar-refractivity contribution in [3.05, 3.63) is 45.4 Å². The lowest BCUT2D eigenvalue weighted by Crippen LogP contribution is -2.56. The number of fused-ring (bicyclic) bond motifs is 2. The van der Waals surface area contributed by atoms with Crippen molar-refractivity contribution in [2.75, 3.05) is 7.11 Å². The molecular weight excluding hydrogens is 333 g/mol. The van der Waals surface area contributed by atoms with Gasteiger partial charge < -0.3 is 4.74 Å². The summed E-state index contributed by atoms with van der Waals surface area (Å²) in [5.41, 5.74) is 9.00. The number of aromatic amines is 1. The highest BCUT2D eigenvalue weighted by Gasteiger charge is 2.46. The molecule has 2 aromatic rings. The van der Waals surface area contributed by atoms with Gasteiger partial charge in [0, 0.05) is 12.1 Å². The number of hydrazine groups is 1. The third-order valence-corrected chi connectivity index (χ3v) is 5.02. The van der Waals surface area contributed by atoms with Crippen molar-refractivity contribution in [2.45, 2.75) is 26.1 Å². The zero-order chi connectivity index (χ0) is 17.0. The average Bonchev–Trinajstić information content (AvgIpc) is 3.13. The average molecular weight is 351 g/mol. The molecule has 8 heteroatoms. The van der Waals surface area contributed by atoms with Gasteiger partial charge in [0.25, 0.3) is 0 Å². The van der Waals surface area contributed by atoms with E-state index in [1.165, 1.54) is 6.07 Å². The normalized spacial score (nSPS) is 25.6. The zero-order valence-electron chi connectivity index (χ0n) is 13.5. The van der Waals surface area contributed by atoms with Crippen LogP contribution in [0, 0.1) is 18.7 Å². The molecule has 24 heavy (non-hydrogen) atoms. The summed E-state index contributed by atoms with van der Waals surface area (Å²) in [5.74, 6) is 0.517. The second-order valence-electron chi connectivity index (χ2n) is 6.12. The maximum Gasteiger partial charge on any atom is 0.314 e. The van der Waals surface area contributed by atoms with Gasteiger partial charge in [0.05, 0.1) is 23.7 Å². The maximum absolute atomic E-state index is 13.6. The molecule has 126 valence electrons. The molecule has 1 fully saturated rings. The number of halogens is 2. The van der Waals surface area contributed by atoms with Gasteiger partial charge in [0.15, 0.2) is 6.17 Å². The van der Waals surface area contributed by atoms with Gasteiger partial charge in [-0.3, -0.25) is 5.43 Å². The van der Waals surface area contributed by atoms with E-state index in [2.05, 4.69) is 28.0 Å². The van der Waals surface area contributed by atoms with Crippen LogP contribution in [0.4, 0.5) is 10.1 Å². The second-order valence-corrected chi connectivity index (χ2v) is 6.52. The van der Waals surface area contributed by atoms with E-state index in [4.69, 9.17) is 16.3 Å². The lowest BCUT2D eigenvalue weighted by molar-refractivity contribution is 0.277. The fourth-order valence-electron chi connectivity index (χ4n) is 3.62. The fourth-order valence-corrected chi connectivity index (χ4v) is 3.80. The number of aromatic nitrogens is 2. The Morgan fingerprint density at radius 2 is 2.12 bits per heavy atom. The number of nitrogens with one attached hydrogen (secondary N) is 3. The Hall–Kier alpha value is -1.96. The molecule has 0 aliphatic carbocycles. The Morgan fingerprint density at radius 3 is 2.83 bits per heavy atom. The third kappa shape index (κ3) is 2.08. The highest BCUT2D eigenvalue weighted by atomic mass is 35.5. The first-order valence-corrected chi connectivity index (χ1v) is 8.12. The van der Waals surface area contributed by atoms with Gasteiger partial charge in [-0.25, -0.2) is 14.4 Å². The standard InChI is InChI=1S/C16H17ClFN5O/c1-7-12-14(24-3)13-8(2)20-22-16(13)23(15(12)21-19-7)9-4-5-11(18)10(17)6-9/h4-7,12,15,19,21H,1-3H3/p+1. The van der Waals surface area contributed by atoms with E-state index in [-0.39, 0.29) is 23.1 Å². The van der Waals surface area contributed by atoms with E-state index >= 15 is 0 Å². The van der Waals surface area contributed by atoms with Crippen LogP contribution in [-0.4, -0.2) is 29.5 Å². The molecule has 3 unspecified atom stereocenters. The summed E-state index contributed by atoms with van der Waals surface area (Å²) < 4.78 is 21.4. The minimum Gasteiger partial charge on any atom is -0.499 e. The van der Waals surface area contributed by atoms with Crippen LogP contribution in [-0.2, 0) is 4.74 Å². The summed E-state index contributed by atoms with van der Waals surface area (Å²) >= 11 is 6.00. The minimum atomic E-state index is -0.440. The molecular formula is C16H18ClFN5O+. The number of H-pyrrole nitrogens is 1. The van der Waals surface area contributed by atoms with Crippen LogP contribution in [0.3, 0.4) is 0 Å². The molecule has 3 N–H and O–H groups in total. The summed E-state index contributed by atoms with van der Waals surface area (Å²) in [6, 6.07) is 4.86. The molecule has 0 amide bonds. The summed E-state index contributed by atoms with van der Waals surface area (Å²) in [5, 5.41) is 8.44. The van der Waals surface area contributed by atoms with Gasteiger partial charge in [0.2, 0.25) is 0 Å². The molecule has 0 radical (unpaired) electrons. The number of hydrogen-bond donors (Lipinski definition) is 3. The lowest BCUT2D eigenvalue weighted by atomic mass is 9.93. The number of hydrogen-bond acceptors (Lipinski definition) is 4. The van der Waals surface area contributed by atoms with Gasteiger partial charge in [-0.1, -0.05) is 16.7 Å². The lowest BCUT2D eigenvalue weighted by Gasteiger charge is -2.26. The number of ether oxygens (including phenoxy) is 1. The number of benzene rings is 1. The Kier molecular flexibility index (Phi) is 3.59. The summed E-state index contributed by atoms with van der Waals surface area (Å²) in [7, 11) is 1.68. The fraction of sp³-hybridized carbons (Fsp3) is 0.375. The highest BCUT2D eigenvalue weighted by Crippen LogP contribution is 2.30. The van der Waals surface area contributed by atoms with Crippen LogP contribution < -0.4 is 26.1 Å². The Bertz CT molecular complexity index is 940. The van der Waals surface area contributed by atoms with E-state index in [9.17, 15) is 4.39 Å². The van der Waals surface area contributed by atoms with E-state index in [1.807, 2.05) is 11.5 Å². The van der Waals surface area contributed by atoms with Crippen molar-refractivity contribution in [1.82, 2.24) is 25.6 Å². The molecule has 1 aromatic carbocycles. The molecule has 0 saturated carbocycles. The van der Waals surface area contributed by atoms with Crippen LogP contribution >= 0.6 is 11.6 Å². The van der Waals surface area contributed by atoms with Crippen molar-refractivity contribution in [3.8, 4) is 0 Å². The van der Waals surface area contributed by atoms with Gasteiger partial charge >= 0.3 is 5.49 Å². The van der Waals surface area contributed by atoms with Crippen molar-refractivity contribution in [1.29, 1.82) is 0 Å². The second kappa shape index (κ2) is 5.54. The summed E-state index contributed by atoms with van der Waals surface area (Å²) in [4.78, 5) is 0. The third-order valence-electron chi connectivity index (χ3n) is 4.74. The molecule has 1 saturated heterocycles. The van der Waals surface area contributed by atoms with Crippen LogP contribution in [0.2, 0.25) is 5.02 Å². The SMILES string of the molecule is COC1=c2c(C)n[nH]c2=[N+](c2ccc(F)c(Cl)c2)C2NNC(C)C12. The van der Waals surface area contributed by atoms with Crippen molar-refractivity contribution in [3.63, 3.8) is 0 Å². The molecule has 2 aliphatic heterocycles. The van der Waals surface area contributed by atoms with Crippen LogP contribution in [0.25, 0.3) is 5.76 Å². The van der Waals surface area contributed by atoms with Gasteiger partial charge in [-0.05, 0) is 26.0 Å². The van der Waals surface area contributed by atoms with Crippen LogP contribution in [0.15, 0.2) is 18.2 Å². The first kappa shape index (κ1) is 15.6. The number of rotatable bonds is 2. The molecule has 0 bridgehead atoms. The molecule has 6 nitrogen and oxygen atoms in total. The first-order chi connectivity index (χ1) is 11.5. The first-order valence-electron chi connectivity index (χ1n) is 7.74. The van der Waals surface area contributed by atoms with Crippen molar-refractivity contribution in [2.24, 2.45) is 5.92 Å². The maximum atomic E-state index is 13.6. The van der Waals surface area contributed by atoms with E-state index < -0.39 is 5.82 Å². The van der Waals surface area contributed by atoms with E-state index in [1.54, 1.807) is 19.2 Å². The zero-order valence-corrected chi connectivity index (χ0v) is 14.3. The Labute approximate surface area is 142 Å². The number of methoxy groups -OCH3 is 1. The van der Waals surface area contributed by atoms with Crippen molar-refractivity contribution >= 4 is 23.0 Å². The largest absolute Gasteiger partial charge is 0.499 e. The topological polar surface area (TPSA) is 65.0 Å². The van der Waals surface area contributed by atoms with Gasteiger partial charge in [-0.2, -0.15) is 0 Å². The predicted octanol–water partition coefficient (Wildman–Crippen LogP) is 0.540. The minimum absolute atomic E-state index is 0.0719.